The van der Waals surface area contributed by atoms with Crippen molar-refractivity contribution in [1.82, 2.24) is 24.5 Å². The van der Waals surface area contributed by atoms with Crippen LogP contribution in [-0.4, -0.2) is 42.0 Å². The third-order valence-corrected chi connectivity index (χ3v) is 8.55. The van der Waals surface area contributed by atoms with Gasteiger partial charge in [-0.1, -0.05) is 50.3 Å². The van der Waals surface area contributed by atoms with E-state index in [1.165, 1.54) is 25.0 Å². The van der Waals surface area contributed by atoms with Gasteiger partial charge in [0.05, 0.1) is 22.8 Å². The number of halogens is 3. The summed E-state index contributed by atoms with van der Waals surface area (Å²) in [5.74, 6) is -2.38. The summed E-state index contributed by atoms with van der Waals surface area (Å²) in [6.45, 7) is 2.88. The Kier molecular flexibility index (Phi) is 11.6. The Labute approximate surface area is 276 Å². The van der Waals surface area contributed by atoms with E-state index in [9.17, 15) is 13.2 Å². The first-order valence-corrected chi connectivity index (χ1v) is 16.6. The van der Waals surface area contributed by atoms with Crippen molar-refractivity contribution in [3.8, 4) is 28.1 Å². The molecule has 250 valence electrons. The molecule has 5 rings (SSSR count). The smallest absolute Gasteiger partial charge is 0.302 e. The van der Waals surface area contributed by atoms with Gasteiger partial charge in [0.15, 0.2) is 0 Å². The van der Waals surface area contributed by atoms with Gasteiger partial charge in [0.25, 0.3) is 0 Å². The molecule has 13 heteroatoms. The van der Waals surface area contributed by atoms with E-state index < -0.39 is 11.9 Å². The van der Waals surface area contributed by atoms with Crippen LogP contribution >= 0.6 is 11.9 Å². The lowest BCUT2D eigenvalue weighted by molar-refractivity contribution is 0.228. The van der Waals surface area contributed by atoms with Crippen molar-refractivity contribution >= 4 is 34.4 Å². The predicted octanol–water partition coefficient (Wildman–Crippen LogP) is 8.37. The normalized spacial score (nSPS) is 12.2. The minimum absolute atomic E-state index is 0.266. The fourth-order valence-corrected chi connectivity index (χ4v) is 5.98. The molecular weight excluding hydrogens is 627 g/mol. The average molecular weight is 668 g/mol. The Hall–Kier alpha value is -4.23. The number of unbranched alkanes of at least 4 members (excludes halogenated alkanes) is 6. The molecule has 1 atom stereocenters. The Balaban J connectivity index is 1.40. The summed E-state index contributed by atoms with van der Waals surface area (Å²) in [5.41, 5.74) is 11.3. The molecule has 1 unspecified atom stereocenters. The molecule has 0 bridgehead atoms. The molecule has 3 aromatic heterocycles. The van der Waals surface area contributed by atoms with Crippen LogP contribution in [0.1, 0.15) is 63.5 Å². The summed E-state index contributed by atoms with van der Waals surface area (Å²) >= 11 is 0.268. The van der Waals surface area contributed by atoms with E-state index in [1.54, 1.807) is 48.1 Å². The van der Waals surface area contributed by atoms with Gasteiger partial charge in [0, 0.05) is 61.2 Å². The highest BCUT2D eigenvalue weighted by atomic mass is 32.2. The van der Waals surface area contributed by atoms with Crippen molar-refractivity contribution in [2.75, 3.05) is 17.1 Å². The second-order valence-electron chi connectivity index (χ2n) is 11.4. The summed E-state index contributed by atoms with van der Waals surface area (Å²) in [6, 6.07) is 11.1. The van der Waals surface area contributed by atoms with Crippen LogP contribution in [0.4, 0.5) is 24.7 Å². The van der Waals surface area contributed by atoms with Gasteiger partial charge in [0.2, 0.25) is 0 Å². The van der Waals surface area contributed by atoms with E-state index in [2.05, 4.69) is 14.8 Å². The number of nitrogens with zero attached hydrogens (tertiary/aromatic N) is 5. The van der Waals surface area contributed by atoms with Gasteiger partial charge < -0.3 is 20.3 Å². The third-order valence-electron chi connectivity index (χ3n) is 8.04. The van der Waals surface area contributed by atoms with Gasteiger partial charge >= 0.3 is 5.76 Å². The lowest BCUT2D eigenvalue weighted by atomic mass is 10.0. The molecule has 4 N–H and O–H groups in total. The molecule has 47 heavy (non-hydrogen) atoms. The molecule has 0 fully saturated rings. The second kappa shape index (κ2) is 16.1. The van der Waals surface area contributed by atoms with Crippen LogP contribution in [-0.2, 0) is 13.6 Å². The SMILES string of the molecule is CC(Oc1cc(-c2nn(C)c3c(-c4cnn(CCCCCCCCCO)c4)cnc(N)c23)ccc1NSC(F)F)c1ccc(F)cc1. The zero-order chi connectivity index (χ0) is 33.3. The molecule has 0 aliphatic rings. The van der Waals surface area contributed by atoms with E-state index in [0.29, 0.717) is 33.9 Å². The topological polar surface area (TPSA) is 116 Å². The molecular formula is C34H40F3N7O2S. The van der Waals surface area contributed by atoms with Gasteiger partial charge in [-0.25, -0.2) is 9.37 Å². The van der Waals surface area contributed by atoms with Crippen molar-refractivity contribution in [2.45, 2.75) is 70.3 Å². The lowest BCUT2D eigenvalue weighted by Gasteiger charge is -2.19. The van der Waals surface area contributed by atoms with Crippen LogP contribution in [0.5, 0.6) is 5.75 Å². The number of aliphatic hydroxyl groups is 1. The number of fused-ring (bicyclic) bond motifs is 1. The predicted molar refractivity (Wildman–Crippen MR) is 182 cm³/mol. The molecule has 0 spiro atoms. The molecule has 0 saturated carbocycles. The van der Waals surface area contributed by atoms with Crippen LogP contribution in [0, 0.1) is 5.82 Å². The number of benzene rings is 2. The number of alkyl halides is 2. The molecule has 0 amide bonds. The molecule has 9 nitrogen and oxygen atoms in total. The fraction of sp³-hybridized carbons (Fsp3) is 0.382. The van der Waals surface area contributed by atoms with Crippen LogP contribution in [0.15, 0.2) is 61.1 Å². The Morgan fingerprint density at radius 2 is 1.70 bits per heavy atom. The summed E-state index contributed by atoms with van der Waals surface area (Å²) in [4.78, 5) is 4.50. The number of rotatable bonds is 17. The van der Waals surface area contributed by atoms with Gasteiger partial charge in [0.1, 0.15) is 29.2 Å². The van der Waals surface area contributed by atoms with Gasteiger partial charge in [-0.05, 0) is 49.6 Å². The Morgan fingerprint density at radius 1 is 0.979 bits per heavy atom. The molecule has 5 aromatic rings. The van der Waals surface area contributed by atoms with E-state index in [0.717, 1.165) is 60.9 Å². The molecule has 0 radical (unpaired) electrons. The number of aromatic nitrogens is 5. The van der Waals surface area contributed by atoms with E-state index in [-0.39, 0.29) is 24.4 Å². The number of nitrogens with one attached hydrogen (secondary N) is 1. The molecule has 0 aliphatic carbocycles. The highest BCUT2D eigenvalue weighted by molar-refractivity contribution is 8.00. The number of nitrogens with two attached hydrogens (primary N) is 1. The minimum atomic E-state index is -2.64. The number of ether oxygens (including phenoxy) is 1. The van der Waals surface area contributed by atoms with Crippen LogP contribution < -0.4 is 15.2 Å². The Morgan fingerprint density at radius 3 is 2.43 bits per heavy atom. The standard InChI is InChI=1S/C34H40F3N7O2S/c1-22(23-10-13-26(35)14-11-23)46-29-18-24(12-15-28(29)42-47-34(36)37)31-30-32(43(2)41-31)27(20-39-33(30)38)25-19-40-44(21-25)16-8-6-4-3-5-7-9-17-45/h10-15,18-22,34,42,45H,3-9,16-17H2,1-2H3,(H2,38,39). The number of anilines is 2. The van der Waals surface area contributed by atoms with Crippen molar-refractivity contribution in [3.05, 3.63) is 72.4 Å². The maximum Gasteiger partial charge on any atom is 0.302 e. The highest BCUT2D eigenvalue weighted by Crippen LogP contribution is 2.40. The minimum Gasteiger partial charge on any atom is -0.484 e. The van der Waals surface area contributed by atoms with E-state index >= 15 is 0 Å². The van der Waals surface area contributed by atoms with Crippen molar-refractivity contribution < 1.29 is 23.0 Å². The molecule has 3 heterocycles. The summed E-state index contributed by atoms with van der Waals surface area (Å²) in [6.07, 6.45) is 12.6. The largest absolute Gasteiger partial charge is 0.484 e. The summed E-state index contributed by atoms with van der Waals surface area (Å²) in [5, 5.41) is 19.0. The zero-order valence-electron chi connectivity index (χ0n) is 26.5. The van der Waals surface area contributed by atoms with E-state index in [1.807, 2.05) is 24.1 Å². The molecule has 0 aliphatic heterocycles. The van der Waals surface area contributed by atoms with Crippen LogP contribution in [0.3, 0.4) is 0 Å². The van der Waals surface area contributed by atoms with Crippen molar-refractivity contribution in [2.24, 2.45) is 7.05 Å². The number of hydrogen-bond donors (Lipinski definition) is 3. The fourth-order valence-electron chi connectivity index (χ4n) is 5.59. The third kappa shape index (κ3) is 8.58. The maximum atomic E-state index is 13.5. The Bertz CT molecular complexity index is 1760. The molecule has 2 aromatic carbocycles. The van der Waals surface area contributed by atoms with Gasteiger partial charge in [-0.15, -0.1) is 0 Å². The number of aliphatic hydroxyl groups excluding tert-OH is 1. The first-order valence-electron chi connectivity index (χ1n) is 15.8. The first-order chi connectivity index (χ1) is 22.7. The number of pyridine rings is 1. The molecule has 0 saturated heterocycles. The maximum absolute atomic E-state index is 13.5. The average Bonchev–Trinajstić information content (AvgIpc) is 3.67. The highest BCUT2D eigenvalue weighted by Gasteiger charge is 2.21. The lowest BCUT2D eigenvalue weighted by Crippen LogP contribution is -2.05. The quantitative estimate of drug-likeness (QED) is 0.0669. The van der Waals surface area contributed by atoms with Gasteiger partial charge in [-0.2, -0.15) is 19.0 Å². The zero-order valence-corrected chi connectivity index (χ0v) is 27.3. The number of hydrogen-bond acceptors (Lipinski definition) is 8. The first kappa shape index (κ1) is 34.1. The number of aryl methyl sites for hydroxylation is 2. The summed E-state index contributed by atoms with van der Waals surface area (Å²) in [7, 11) is 1.84. The van der Waals surface area contributed by atoms with Crippen molar-refractivity contribution in [1.29, 1.82) is 0 Å². The second-order valence-corrected chi connectivity index (χ2v) is 12.2. The van der Waals surface area contributed by atoms with E-state index in [4.69, 9.17) is 20.7 Å². The van der Waals surface area contributed by atoms with Crippen LogP contribution in [0.2, 0.25) is 0 Å². The van der Waals surface area contributed by atoms with Crippen LogP contribution in [0.25, 0.3) is 33.3 Å². The monoisotopic (exact) mass is 667 g/mol. The van der Waals surface area contributed by atoms with Gasteiger partial charge in [-0.3, -0.25) is 9.36 Å². The summed E-state index contributed by atoms with van der Waals surface area (Å²) < 4.78 is 52.3. The van der Waals surface area contributed by atoms with Crippen molar-refractivity contribution in [3.63, 3.8) is 0 Å². The number of nitrogen functional groups attached to an aromatic ring is 1.